The zero-order chi connectivity index (χ0) is 36.5. The summed E-state index contributed by atoms with van der Waals surface area (Å²) in [6.45, 7) is 13.8. The molecule has 0 spiro atoms. The van der Waals surface area contributed by atoms with Gasteiger partial charge >= 0.3 is 0 Å². The summed E-state index contributed by atoms with van der Waals surface area (Å²) in [4.78, 5) is 47.5. The van der Waals surface area contributed by atoms with Gasteiger partial charge < -0.3 is 54.3 Å². The number of imide groups is 1. The Labute approximate surface area is 296 Å². The highest BCUT2D eigenvalue weighted by molar-refractivity contribution is 6.13. The molecule has 16 nitrogen and oxygen atoms in total. The molecule has 0 aromatic rings. The first-order chi connectivity index (χ1) is 24.3. The largest absolute Gasteiger partial charge is 0.379 e. The van der Waals surface area contributed by atoms with E-state index in [0.29, 0.717) is 125 Å². The molecule has 1 atom stereocenters. The van der Waals surface area contributed by atoms with Crippen LogP contribution in [-0.4, -0.2) is 160 Å². The minimum atomic E-state index is -0.399. The normalized spacial score (nSPS) is 13.3. The second-order valence-corrected chi connectivity index (χ2v) is 11.1. The highest BCUT2D eigenvalue weighted by Crippen LogP contribution is 2.06. The molecular formula is C34H60N4O12. The molecule has 0 unspecified atom stereocenters. The second-order valence-electron chi connectivity index (χ2n) is 11.1. The third-order valence-electron chi connectivity index (χ3n) is 7.00. The Kier molecular flexibility index (Phi) is 29.1. The fourth-order valence-corrected chi connectivity index (χ4v) is 4.24. The van der Waals surface area contributed by atoms with Gasteiger partial charge in [-0.1, -0.05) is 6.58 Å². The number of amides is 3. The van der Waals surface area contributed by atoms with E-state index in [1.54, 1.807) is 6.92 Å². The van der Waals surface area contributed by atoms with Crippen LogP contribution in [0.25, 0.3) is 0 Å². The lowest BCUT2D eigenvalue weighted by molar-refractivity contribution is -0.137. The third kappa shape index (κ3) is 26.1. The van der Waals surface area contributed by atoms with E-state index in [0.717, 1.165) is 29.9 Å². The molecule has 288 valence electrons. The van der Waals surface area contributed by atoms with Crippen molar-refractivity contribution in [3.8, 4) is 0 Å². The number of nitrogens with one attached hydrogen (secondary N) is 2. The van der Waals surface area contributed by atoms with Crippen LogP contribution in [0.2, 0.25) is 0 Å². The fraction of sp³-hybridized carbons (Fsp3) is 0.765. The smallest absolute Gasteiger partial charge is 0.253 e. The van der Waals surface area contributed by atoms with Crippen molar-refractivity contribution >= 4 is 23.5 Å². The maximum absolute atomic E-state index is 11.8. The molecule has 0 radical (unpaired) electrons. The van der Waals surface area contributed by atoms with Crippen LogP contribution in [-0.2, 0) is 57.1 Å². The van der Waals surface area contributed by atoms with Crippen molar-refractivity contribution in [2.45, 2.75) is 45.1 Å². The van der Waals surface area contributed by atoms with Crippen molar-refractivity contribution < 1.29 is 57.1 Å². The average Bonchev–Trinajstić information content (AvgIpc) is 3.42. The molecule has 16 heteroatoms. The first-order valence-electron chi connectivity index (χ1n) is 17.4. The summed E-state index contributed by atoms with van der Waals surface area (Å²) < 4.78 is 43.8. The lowest BCUT2D eigenvalue weighted by Crippen LogP contribution is -2.35. The SMILES string of the molecule is C=C(CCOCCOCCOCCOCCOCCOCCOCCOCCNC(=O)CCN1C(=O)C=CC1=O)N[C@@H](CCCCN)C(C)=O. The fourth-order valence-electron chi connectivity index (χ4n) is 4.24. The lowest BCUT2D eigenvalue weighted by atomic mass is 10.1. The number of hydrogen-bond donors (Lipinski definition) is 3. The zero-order valence-electron chi connectivity index (χ0n) is 29.8. The molecule has 0 fully saturated rings. The molecule has 1 rings (SSSR count). The standard InChI is InChI=1S/C34H60N4O12/c1-29(37-31(30(2)39)5-3-4-10-35)9-13-43-15-17-45-19-21-47-23-25-49-27-28-50-26-24-48-22-20-46-18-16-44-14-11-36-32(40)8-12-38-33(41)6-7-34(38)42/h6-7,31,37H,1,3-5,8-28,35H2,2H3,(H,36,40)/t31-/m0/s1. The zero-order valence-corrected chi connectivity index (χ0v) is 29.8. The number of hydrogen-bond acceptors (Lipinski definition) is 14. The van der Waals surface area contributed by atoms with Gasteiger partial charge in [-0.15, -0.1) is 0 Å². The van der Waals surface area contributed by atoms with Crippen LogP contribution in [0.4, 0.5) is 0 Å². The van der Waals surface area contributed by atoms with Gasteiger partial charge in [-0.05, 0) is 32.7 Å². The van der Waals surface area contributed by atoms with Gasteiger partial charge in [0.2, 0.25) is 5.91 Å². The van der Waals surface area contributed by atoms with E-state index >= 15 is 0 Å². The van der Waals surface area contributed by atoms with Crippen molar-refractivity contribution in [1.82, 2.24) is 15.5 Å². The Bertz CT molecular complexity index is 951. The molecule has 1 aliphatic heterocycles. The monoisotopic (exact) mass is 716 g/mol. The molecule has 0 bridgehead atoms. The quantitative estimate of drug-likeness (QED) is 0.0580. The van der Waals surface area contributed by atoms with Gasteiger partial charge in [0.1, 0.15) is 0 Å². The van der Waals surface area contributed by atoms with Crippen molar-refractivity contribution in [1.29, 1.82) is 0 Å². The van der Waals surface area contributed by atoms with Gasteiger partial charge in [0.25, 0.3) is 11.8 Å². The number of ketones is 1. The highest BCUT2D eigenvalue weighted by atomic mass is 16.6. The van der Waals surface area contributed by atoms with E-state index < -0.39 is 11.8 Å². The molecule has 50 heavy (non-hydrogen) atoms. The number of nitrogens with zero attached hydrogens (tertiary/aromatic N) is 1. The topological polar surface area (TPSA) is 195 Å². The van der Waals surface area contributed by atoms with E-state index in [1.165, 1.54) is 12.2 Å². The number of Topliss-reactive ketones (excluding diaryl/α,β-unsaturated/α-hetero) is 1. The Balaban J connectivity index is 1.72. The number of rotatable bonds is 37. The van der Waals surface area contributed by atoms with Gasteiger partial charge in [-0.3, -0.25) is 24.1 Å². The predicted octanol–water partition coefficient (Wildman–Crippen LogP) is 0.131. The van der Waals surface area contributed by atoms with E-state index in [4.69, 9.17) is 43.6 Å². The van der Waals surface area contributed by atoms with Crippen molar-refractivity contribution in [2.75, 3.05) is 125 Å². The van der Waals surface area contributed by atoms with Gasteiger partial charge in [0.05, 0.1) is 112 Å². The third-order valence-corrected chi connectivity index (χ3v) is 7.00. The summed E-state index contributed by atoms with van der Waals surface area (Å²) >= 11 is 0. The maximum atomic E-state index is 11.8. The van der Waals surface area contributed by atoms with Crippen LogP contribution in [0.15, 0.2) is 24.4 Å². The number of nitrogens with two attached hydrogens (primary N) is 1. The first kappa shape index (κ1) is 45.2. The maximum Gasteiger partial charge on any atom is 0.253 e. The molecular weight excluding hydrogens is 656 g/mol. The van der Waals surface area contributed by atoms with Crippen LogP contribution < -0.4 is 16.4 Å². The summed E-state index contributed by atoms with van der Waals surface area (Å²) in [6, 6.07) is -0.218. The van der Waals surface area contributed by atoms with Gasteiger partial charge in [0.15, 0.2) is 5.78 Å². The lowest BCUT2D eigenvalue weighted by Gasteiger charge is -2.18. The van der Waals surface area contributed by atoms with E-state index in [-0.39, 0.29) is 30.7 Å². The highest BCUT2D eigenvalue weighted by Gasteiger charge is 2.23. The van der Waals surface area contributed by atoms with Crippen LogP contribution in [0.3, 0.4) is 0 Å². The summed E-state index contributed by atoms with van der Waals surface area (Å²) in [5, 5.41) is 5.87. The van der Waals surface area contributed by atoms with E-state index in [2.05, 4.69) is 17.2 Å². The first-order valence-corrected chi connectivity index (χ1v) is 17.4. The molecule has 0 saturated carbocycles. The Morgan fingerprint density at radius 2 is 1.10 bits per heavy atom. The molecule has 0 aromatic carbocycles. The summed E-state index contributed by atoms with van der Waals surface area (Å²) in [7, 11) is 0. The average molecular weight is 717 g/mol. The van der Waals surface area contributed by atoms with E-state index in [1.807, 2.05) is 0 Å². The van der Waals surface area contributed by atoms with Gasteiger partial charge in [0, 0.05) is 43.8 Å². The number of carbonyl (C=O) groups is 4. The van der Waals surface area contributed by atoms with Crippen molar-refractivity contribution in [3.63, 3.8) is 0 Å². The molecule has 0 saturated heterocycles. The Morgan fingerprint density at radius 3 is 1.52 bits per heavy atom. The van der Waals surface area contributed by atoms with Crippen LogP contribution in [0.1, 0.15) is 39.0 Å². The van der Waals surface area contributed by atoms with Crippen molar-refractivity contribution in [2.24, 2.45) is 5.73 Å². The number of ether oxygens (including phenoxy) is 8. The van der Waals surface area contributed by atoms with Crippen molar-refractivity contribution in [3.05, 3.63) is 24.4 Å². The second kappa shape index (κ2) is 32.1. The van der Waals surface area contributed by atoms with Crippen LogP contribution in [0.5, 0.6) is 0 Å². The number of carbonyl (C=O) groups excluding carboxylic acids is 4. The molecule has 0 aliphatic carbocycles. The summed E-state index contributed by atoms with van der Waals surface area (Å²) in [6.07, 6.45) is 5.63. The summed E-state index contributed by atoms with van der Waals surface area (Å²) in [5.74, 6) is -0.952. The van der Waals surface area contributed by atoms with Gasteiger partial charge in [-0.2, -0.15) is 0 Å². The molecule has 0 aromatic heterocycles. The molecule has 1 aliphatic rings. The molecule has 4 N–H and O–H groups in total. The van der Waals surface area contributed by atoms with E-state index in [9.17, 15) is 19.2 Å². The molecule has 3 amide bonds. The Morgan fingerprint density at radius 1 is 0.680 bits per heavy atom. The Hall–Kier alpha value is -2.80. The van der Waals surface area contributed by atoms with Gasteiger partial charge in [-0.25, -0.2) is 0 Å². The molecule has 1 heterocycles. The summed E-state index contributed by atoms with van der Waals surface area (Å²) in [5.41, 5.74) is 6.31. The van der Waals surface area contributed by atoms with Crippen LogP contribution >= 0.6 is 0 Å². The minimum absolute atomic E-state index is 0.0500. The van der Waals surface area contributed by atoms with Crippen LogP contribution in [0, 0.1) is 0 Å². The number of unbranched alkanes of at least 4 members (excludes halogenated alkanes) is 1. The minimum Gasteiger partial charge on any atom is -0.379 e. The predicted molar refractivity (Wildman–Crippen MR) is 184 cm³/mol.